The number of hydrogen-bond acceptors (Lipinski definition) is 4. The third-order valence-electron chi connectivity index (χ3n) is 4.84. The predicted octanol–water partition coefficient (Wildman–Crippen LogP) is 2.80. The van der Waals surface area contributed by atoms with E-state index in [4.69, 9.17) is 5.73 Å². The lowest BCUT2D eigenvalue weighted by molar-refractivity contribution is -0.126. The average Bonchev–Trinajstić information content (AvgIpc) is 2.62. The van der Waals surface area contributed by atoms with Crippen LogP contribution in [0.25, 0.3) is 0 Å². The van der Waals surface area contributed by atoms with E-state index in [9.17, 15) is 9.59 Å². The van der Waals surface area contributed by atoms with Gasteiger partial charge in [-0.15, -0.1) is 0 Å². The van der Waals surface area contributed by atoms with E-state index in [1.165, 1.54) is 0 Å². The Morgan fingerprint density at radius 1 is 1.44 bits per heavy atom. The molecule has 1 heterocycles. The fourth-order valence-corrected chi connectivity index (χ4v) is 3.23. The zero-order valence-electron chi connectivity index (χ0n) is 16.1. The highest BCUT2D eigenvalue weighted by atomic mass is 16.2. The molecule has 1 saturated heterocycles. The summed E-state index contributed by atoms with van der Waals surface area (Å²) >= 11 is 0. The molecule has 4 N–H and O–H groups in total. The Morgan fingerprint density at radius 3 is 2.89 bits per heavy atom. The van der Waals surface area contributed by atoms with Crippen LogP contribution in [0.15, 0.2) is 43.3 Å². The first kappa shape index (κ1) is 20.7. The molecule has 1 aromatic carbocycles. The summed E-state index contributed by atoms with van der Waals surface area (Å²) in [5.41, 5.74) is 9.06. The van der Waals surface area contributed by atoms with Crippen molar-refractivity contribution in [3.63, 3.8) is 0 Å². The van der Waals surface area contributed by atoms with Gasteiger partial charge < -0.3 is 21.3 Å². The number of allylic oxidation sites excluding steroid dienone is 1. The first-order chi connectivity index (χ1) is 13.0. The number of aryl methyl sites for hydroxylation is 1. The molecule has 27 heavy (non-hydrogen) atoms. The van der Waals surface area contributed by atoms with Gasteiger partial charge in [-0.05, 0) is 62.5 Å². The van der Waals surface area contributed by atoms with Gasteiger partial charge in [-0.3, -0.25) is 9.59 Å². The van der Waals surface area contributed by atoms with Crippen LogP contribution in [-0.2, 0) is 16.1 Å². The topological polar surface area (TPSA) is 87.5 Å². The summed E-state index contributed by atoms with van der Waals surface area (Å²) < 4.78 is 0. The Bertz CT molecular complexity index is 714. The van der Waals surface area contributed by atoms with Gasteiger partial charge in [0.15, 0.2) is 0 Å². The number of benzene rings is 1. The van der Waals surface area contributed by atoms with E-state index in [1.54, 1.807) is 6.20 Å². The summed E-state index contributed by atoms with van der Waals surface area (Å²) in [6.07, 6.45) is 5.19. The highest BCUT2D eigenvalue weighted by Gasteiger charge is 2.28. The molecule has 0 radical (unpaired) electrons. The minimum absolute atomic E-state index is 0.0211. The van der Waals surface area contributed by atoms with Gasteiger partial charge in [0.1, 0.15) is 6.04 Å². The van der Waals surface area contributed by atoms with E-state index in [-0.39, 0.29) is 17.9 Å². The zero-order chi connectivity index (χ0) is 19.8. The second-order valence-corrected chi connectivity index (χ2v) is 6.90. The van der Waals surface area contributed by atoms with Crippen LogP contribution in [0.2, 0.25) is 0 Å². The molecular weight excluding hydrogens is 340 g/mol. The number of carbonyl (C=O) groups excluding carboxylic acids is 2. The van der Waals surface area contributed by atoms with E-state index in [0.717, 1.165) is 41.8 Å². The first-order valence-electron chi connectivity index (χ1n) is 9.41. The van der Waals surface area contributed by atoms with E-state index in [1.807, 2.05) is 30.0 Å². The lowest BCUT2D eigenvalue weighted by atomic mass is 10.0. The summed E-state index contributed by atoms with van der Waals surface area (Å²) in [6.45, 7) is 10.8. The van der Waals surface area contributed by atoms with Gasteiger partial charge in [-0.25, -0.2) is 0 Å². The first-order valence-corrected chi connectivity index (χ1v) is 9.41. The molecule has 6 heteroatoms. The Hall–Kier alpha value is -2.60. The van der Waals surface area contributed by atoms with Crippen molar-refractivity contribution in [3.05, 3.63) is 54.4 Å². The van der Waals surface area contributed by atoms with Crippen molar-refractivity contribution in [2.75, 3.05) is 11.9 Å². The fraction of sp³-hybridized carbons (Fsp3) is 0.429. The molecule has 146 valence electrons. The van der Waals surface area contributed by atoms with Gasteiger partial charge in [-0.2, -0.15) is 0 Å². The standard InChI is InChI=1S/C21H30N4O2/c1-4-25(19-12-11-16(3)23-21(19)27)14-17-15(2)8-7-9-18(17)24-20(26)10-5-6-13-22/h4,7-9,19H,1,3,5-6,10-14,22H2,2H3,(H,23,27)(H,24,26). The van der Waals surface area contributed by atoms with Gasteiger partial charge in [0, 0.05) is 24.4 Å². The number of anilines is 1. The molecular formula is C21H30N4O2. The highest BCUT2D eigenvalue weighted by molar-refractivity contribution is 5.91. The molecule has 6 nitrogen and oxygen atoms in total. The van der Waals surface area contributed by atoms with Crippen molar-refractivity contribution in [2.24, 2.45) is 5.73 Å². The maximum Gasteiger partial charge on any atom is 0.246 e. The van der Waals surface area contributed by atoms with Crippen molar-refractivity contribution in [1.82, 2.24) is 10.2 Å². The zero-order valence-corrected chi connectivity index (χ0v) is 16.1. The van der Waals surface area contributed by atoms with Crippen molar-refractivity contribution in [3.8, 4) is 0 Å². The number of nitrogens with two attached hydrogens (primary N) is 1. The van der Waals surface area contributed by atoms with Crippen LogP contribution in [0.4, 0.5) is 5.69 Å². The highest BCUT2D eigenvalue weighted by Crippen LogP contribution is 2.25. The molecule has 2 rings (SSSR count). The monoisotopic (exact) mass is 370 g/mol. The molecule has 1 aromatic rings. The van der Waals surface area contributed by atoms with Crippen LogP contribution in [0.3, 0.4) is 0 Å². The fourth-order valence-electron chi connectivity index (χ4n) is 3.23. The Morgan fingerprint density at radius 2 is 2.22 bits per heavy atom. The number of piperidine rings is 1. The smallest absolute Gasteiger partial charge is 0.246 e. The number of nitrogens with zero attached hydrogens (tertiary/aromatic N) is 1. The van der Waals surface area contributed by atoms with Crippen LogP contribution >= 0.6 is 0 Å². The molecule has 1 aliphatic heterocycles. The van der Waals surface area contributed by atoms with Gasteiger partial charge >= 0.3 is 0 Å². The molecule has 1 fully saturated rings. The van der Waals surface area contributed by atoms with Crippen LogP contribution in [0.1, 0.15) is 43.2 Å². The molecule has 2 amide bonds. The third kappa shape index (κ3) is 5.69. The Kier molecular flexibility index (Phi) is 7.61. The van der Waals surface area contributed by atoms with Gasteiger partial charge in [0.2, 0.25) is 11.8 Å². The van der Waals surface area contributed by atoms with Crippen molar-refractivity contribution < 1.29 is 9.59 Å². The third-order valence-corrected chi connectivity index (χ3v) is 4.84. The summed E-state index contributed by atoms with van der Waals surface area (Å²) in [5, 5.41) is 5.82. The average molecular weight is 370 g/mol. The largest absolute Gasteiger partial charge is 0.362 e. The maximum atomic E-state index is 12.3. The van der Waals surface area contributed by atoms with Crippen molar-refractivity contribution in [1.29, 1.82) is 0 Å². The molecule has 0 aromatic heterocycles. The normalized spacial score (nSPS) is 16.6. The van der Waals surface area contributed by atoms with Crippen LogP contribution < -0.4 is 16.4 Å². The van der Waals surface area contributed by atoms with Gasteiger partial charge in [0.05, 0.1) is 0 Å². The Labute approximate surface area is 161 Å². The summed E-state index contributed by atoms with van der Waals surface area (Å²) in [4.78, 5) is 26.5. The number of carbonyl (C=O) groups is 2. The van der Waals surface area contributed by atoms with E-state index in [0.29, 0.717) is 25.9 Å². The van der Waals surface area contributed by atoms with Gasteiger partial charge in [0.25, 0.3) is 0 Å². The molecule has 1 aliphatic rings. The number of rotatable bonds is 9. The van der Waals surface area contributed by atoms with Crippen LogP contribution in [0.5, 0.6) is 0 Å². The van der Waals surface area contributed by atoms with E-state index >= 15 is 0 Å². The quantitative estimate of drug-likeness (QED) is 0.583. The van der Waals surface area contributed by atoms with E-state index in [2.05, 4.69) is 23.8 Å². The summed E-state index contributed by atoms with van der Waals surface area (Å²) in [5.74, 6) is -0.0840. The molecule has 1 atom stereocenters. The lowest BCUT2D eigenvalue weighted by Crippen LogP contribution is -2.47. The SMILES string of the molecule is C=CN(Cc1c(C)cccc1NC(=O)CCCCN)C1CCC(=C)NC1=O. The number of unbranched alkanes of at least 4 members (excludes halogenated alkanes) is 1. The van der Waals surface area contributed by atoms with Crippen molar-refractivity contribution in [2.45, 2.75) is 51.6 Å². The molecule has 0 saturated carbocycles. The van der Waals surface area contributed by atoms with Crippen LogP contribution in [-0.4, -0.2) is 29.3 Å². The number of hydrogen-bond donors (Lipinski definition) is 3. The maximum absolute atomic E-state index is 12.3. The molecule has 0 aliphatic carbocycles. The van der Waals surface area contributed by atoms with Gasteiger partial charge in [-0.1, -0.05) is 25.3 Å². The lowest BCUT2D eigenvalue weighted by Gasteiger charge is -2.34. The summed E-state index contributed by atoms with van der Waals surface area (Å²) in [7, 11) is 0. The van der Waals surface area contributed by atoms with E-state index < -0.39 is 0 Å². The second-order valence-electron chi connectivity index (χ2n) is 6.90. The molecule has 1 unspecified atom stereocenters. The van der Waals surface area contributed by atoms with Crippen LogP contribution in [0, 0.1) is 6.92 Å². The molecule has 0 bridgehead atoms. The minimum atomic E-state index is -0.291. The Balaban J connectivity index is 2.14. The minimum Gasteiger partial charge on any atom is -0.362 e. The van der Waals surface area contributed by atoms with Crippen molar-refractivity contribution >= 4 is 17.5 Å². The second kappa shape index (κ2) is 9.92. The number of nitrogens with one attached hydrogen (secondary N) is 2. The molecule has 0 spiro atoms. The predicted molar refractivity (Wildman–Crippen MR) is 109 cm³/mol. The number of amides is 2. The summed E-state index contributed by atoms with van der Waals surface area (Å²) in [6, 6.07) is 5.53.